The van der Waals surface area contributed by atoms with Gasteiger partial charge in [0.25, 0.3) is 5.91 Å². The summed E-state index contributed by atoms with van der Waals surface area (Å²) in [5, 5.41) is 15.9. The molecular weight excluding hydrogens is 427 g/mol. The van der Waals surface area contributed by atoms with Crippen LogP contribution in [0.25, 0.3) is 0 Å². The van der Waals surface area contributed by atoms with Crippen molar-refractivity contribution in [1.29, 1.82) is 0 Å². The minimum atomic E-state index is -0.693. The molecule has 8 heteroatoms. The molecule has 1 fully saturated rings. The van der Waals surface area contributed by atoms with Gasteiger partial charge < -0.3 is 30.0 Å². The van der Waals surface area contributed by atoms with Crippen LogP contribution in [0.1, 0.15) is 36.0 Å². The van der Waals surface area contributed by atoms with Crippen LogP contribution in [0.15, 0.2) is 48.5 Å². The number of carbonyl (C=O) groups excluding carboxylic acids is 1. The molecule has 180 valence electrons. The molecule has 3 rings (SSSR count). The van der Waals surface area contributed by atoms with E-state index in [4.69, 9.17) is 14.2 Å². The second kappa shape index (κ2) is 13.8. The van der Waals surface area contributed by atoms with E-state index in [0.29, 0.717) is 50.3 Å². The lowest BCUT2D eigenvalue weighted by atomic mass is 10.2. The summed E-state index contributed by atoms with van der Waals surface area (Å²) in [6.45, 7) is 2.46. The molecule has 1 aliphatic carbocycles. The van der Waals surface area contributed by atoms with E-state index < -0.39 is 6.10 Å². The second-order valence-corrected chi connectivity index (χ2v) is 8.03. The number of nitrogens with one attached hydrogen (secondary N) is 2. The Balaban J connectivity index is 1.21. The van der Waals surface area contributed by atoms with Gasteiger partial charge in [-0.05, 0) is 61.4 Å². The largest absolute Gasteiger partial charge is 0.491 e. The molecule has 1 atom stereocenters. The molecule has 0 saturated heterocycles. The molecule has 3 N–H and O–H groups in total. The van der Waals surface area contributed by atoms with E-state index in [1.54, 1.807) is 12.1 Å². The topological polar surface area (TPSA) is 89.1 Å². The van der Waals surface area contributed by atoms with E-state index in [-0.39, 0.29) is 18.3 Å². The van der Waals surface area contributed by atoms with Crippen LogP contribution in [0, 0.1) is 5.82 Å². The first-order valence-electron chi connectivity index (χ1n) is 11.5. The molecule has 33 heavy (non-hydrogen) atoms. The number of amides is 1. The van der Waals surface area contributed by atoms with Crippen molar-refractivity contribution in [2.75, 3.05) is 39.5 Å². The second-order valence-electron chi connectivity index (χ2n) is 8.03. The first-order valence-corrected chi connectivity index (χ1v) is 11.5. The van der Waals surface area contributed by atoms with E-state index in [9.17, 15) is 14.3 Å². The summed E-state index contributed by atoms with van der Waals surface area (Å²) < 4.78 is 30.0. The van der Waals surface area contributed by atoms with Crippen molar-refractivity contribution < 1.29 is 28.5 Å². The molecule has 0 bridgehead atoms. The fraction of sp³-hybridized carbons (Fsp3) is 0.480. The van der Waals surface area contributed by atoms with Crippen LogP contribution in [0.2, 0.25) is 0 Å². The number of hydrogen-bond donors (Lipinski definition) is 3. The molecule has 1 unspecified atom stereocenters. The van der Waals surface area contributed by atoms with Crippen LogP contribution >= 0.6 is 0 Å². The van der Waals surface area contributed by atoms with Crippen molar-refractivity contribution in [3.05, 3.63) is 59.9 Å². The molecule has 0 radical (unpaired) electrons. The summed E-state index contributed by atoms with van der Waals surface area (Å²) in [6.07, 6.45) is 4.53. The molecule has 0 spiro atoms. The van der Waals surface area contributed by atoms with Gasteiger partial charge in [-0.3, -0.25) is 4.79 Å². The Bertz CT molecular complexity index is 826. The van der Waals surface area contributed by atoms with Crippen LogP contribution in [0.5, 0.6) is 11.5 Å². The number of aliphatic hydroxyl groups is 1. The Hall–Kier alpha value is -2.68. The zero-order valence-electron chi connectivity index (χ0n) is 18.8. The van der Waals surface area contributed by atoms with E-state index in [1.165, 1.54) is 37.1 Å². The highest BCUT2D eigenvalue weighted by Crippen LogP contribution is 2.21. The molecule has 0 heterocycles. The Morgan fingerprint density at radius 3 is 2.33 bits per heavy atom. The van der Waals surface area contributed by atoms with Crippen LogP contribution in [-0.2, 0) is 4.74 Å². The first kappa shape index (κ1) is 25.0. The monoisotopic (exact) mass is 460 g/mol. The maximum absolute atomic E-state index is 12.9. The molecule has 1 aliphatic rings. The lowest BCUT2D eigenvalue weighted by Gasteiger charge is -2.14. The van der Waals surface area contributed by atoms with Gasteiger partial charge >= 0.3 is 0 Å². The van der Waals surface area contributed by atoms with Gasteiger partial charge in [-0.25, -0.2) is 4.39 Å². The minimum Gasteiger partial charge on any atom is -0.491 e. The Labute approximate surface area is 194 Å². The number of aliphatic hydroxyl groups excluding tert-OH is 1. The molecule has 1 amide bonds. The lowest BCUT2D eigenvalue weighted by molar-refractivity contribution is 0.0382. The van der Waals surface area contributed by atoms with Gasteiger partial charge in [-0.2, -0.15) is 0 Å². The van der Waals surface area contributed by atoms with Crippen molar-refractivity contribution in [3.8, 4) is 11.5 Å². The van der Waals surface area contributed by atoms with Crippen LogP contribution in [-0.4, -0.2) is 62.7 Å². The Kier molecular flexibility index (Phi) is 10.4. The van der Waals surface area contributed by atoms with Gasteiger partial charge in [0.2, 0.25) is 0 Å². The van der Waals surface area contributed by atoms with E-state index in [1.807, 2.05) is 12.1 Å². The highest BCUT2D eigenvalue weighted by molar-refractivity contribution is 5.94. The normalized spacial score (nSPS) is 14.7. The fourth-order valence-corrected chi connectivity index (χ4v) is 3.55. The smallest absolute Gasteiger partial charge is 0.251 e. The standard InChI is InChI=1S/C25H33FN2O5/c26-20-7-5-19(6-8-20)25(30)28-14-13-27-17-21(29)18-33-24-11-9-23(10-12-24)32-16-15-31-22-3-1-2-4-22/h5-12,21-22,27,29H,1-4,13-18H2,(H,28,30). The lowest BCUT2D eigenvalue weighted by Crippen LogP contribution is -2.37. The van der Waals surface area contributed by atoms with E-state index in [0.717, 1.165) is 18.6 Å². The van der Waals surface area contributed by atoms with Crippen molar-refractivity contribution in [2.24, 2.45) is 0 Å². The van der Waals surface area contributed by atoms with Crippen LogP contribution < -0.4 is 20.1 Å². The fourth-order valence-electron chi connectivity index (χ4n) is 3.55. The highest BCUT2D eigenvalue weighted by atomic mass is 19.1. The third kappa shape index (κ3) is 9.37. The number of benzene rings is 2. The summed E-state index contributed by atoms with van der Waals surface area (Å²) in [5.74, 6) is 0.750. The number of rotatable bonds is 14. The van der Waals surface area contributed by atoms with Crippen molar-refractivity contribution >= 4 is 5.91 Å². The van der Waals surface area contributed by atoms with Gasteiger partial charge in [0.05, 0.1) is 12.7 Å². The van der Waals surface area contributed by atoms with Crippen molar-refractivity contribution in [1.82, 2.24) is 10.6 Å². The summed E-state index contributed by atoms with van der Waals surface area (Å²) in [6, 6.07) is 12.6. The highest BCUT2D eigenvalue weighted by Gasteiger charge is 2.14. The molecular formula is C25H33FN2O5. The first-order chi connectivity index (χ1) is 16.1. The predicted molar refractivity (Wildman–Crippen MR) is 123 cm³/mol. The minimum absolute atomic E-state index is 0.143. The quantitative estimate of drug-likeness (QED) is 0.376. The number of carbonyl (C=O) groups is 1. The summed E-state index contributed by atoms with van der Waals surface area (Å²) in [7, 11) is 0. The zero-order valence-corrected chi connectivity index (χ0v) is 18.8. The average molecular weight is 461 g/mol. The van der Waals surface area contributed by atoms with Crippen molar-refractivity contribution in [2.45, 2.75) is 37.9 Å². The van der Waals surface area contributed by atoms with Gasteiger partial charge in [0.15, 0.2) is 0 Å². The SMILES string of the molecule is O=C(NCCNCC(O)COc1ccc(OCCOC2CCCC2)cc1)c1ccc(F)cc1. The van der Waals surface area contributed by atoms with Crippen LogP contribution in [0.4, 0.5) is 4.39 Å². The van der Waals surface area contributed by atoms with E-state index >= 15 is 0 Å². The Morgan fingerprint density at radius 2 is 1.64 bits per heavy atom. The molecule has 1 saturated carbocycles. The van der Waals surface area contributed by atoms with Gasteiger partial charge in [0, 0.05) is 25.2 Å². The summed E-state index contributed by atoms with van der Waals surface area (Å²) >= 11 is 0. The Morgan fingerprint density at radius 1 is 0.970 bits per heavy atom. The van der Waals surface area contributed by atoms with Gasteiger partial charge in [-0.15, -0.1) is 0 Å². The maximum atomic E-state index is 12.9. The predicted octanol–water partition coefficient (Wildman–Crippen LogP) is 2.92. The molecule has 0 aliphatic heterocycles. The van der Waals surface area contributed by atoms with Gasteiger partial charge in [-0.1, -0.05) is 12.8 Å². The van der Waals surface area contributed by atoms with Crippen LogP contribution in [0.3, 0.4) is 0 Å². The average Bonchev–Trinajstić information content (AvgIpc) is 3.35. The number of hydrogen-bond acceptors (Lipinski definition) is 6. The van der Waals surface area contributed by atoms with Gasteiger partial charge in [0.1, 0.15) is 36.6 Å². The van der Waals surface area contributed by atoms with Crippen molar-refractivity contribution in [3.63, 3.8) is 0 Å². The van der Waals surface area contributed by atoms with E-state index in [2.05, 4.69) is 10.6 Å². The number of ether oxygens (including phenoxy) is 3. The third-order valence-electron chi connectivity index (χ3n) is 5.35. The molecule has 0 aromatic heterocycles. The summed E-state index contributed by atoms with van der Waals surface area (Å²) in [4.78, 5) is 11.9. The maximum Gasteiger partial charge on any atom is 0.251 e. The third-order valence-corrected chi connectivity index (χ3v) is 5.35. The zero-order chi connectivity index (χ0) is 23.3. The molecule has 2 aromatic rings. The number of halogens is 1. The molecule has 2 aromatic carbocycles. The summed E-state index contributed by atoms with van der Waals surface area (Å²) in [5.41, 5.74) is 0.402. The molecule has 7 nitrogen and oxygen atoms in total.